The molecule has 0 aromatic heterocycles. The van der Waals surface area contributed by atoms with Crippen LogP contribution in [-0.4, -0.2) is 12.6 Å². The number of benzene rings is 2. The summed E-state index contributed by atoms with van der Waals surface area (Å²) in [4.78, 5) is 4.18. The number of hydrogen-bond donors (Lipinski definition) is 0. The normalized spacial score (nSPS) is 26.0. The van der Waals surface area contributed by atoms with E-state index in [0.29, 0.717) is 11.3 Å². The van der Waals surface area contributed by atoms with Crippen LogP contribution in [0, 0.1) is 0 Å². The molecule has 2 aromatic rings. The highest BCUT2D eigenvalue weighted by Gasteiger charge is 2.43. The summed E-state index contributed by atoms with van der Waals surface area (Å²) in [6.07, 6.45) is 2.45. The molecule has 3 aliphatic rings. The van der Waals surface area contributed by atoms with Gasteiger partial charge in [-0.1, -0.05) is 36.4 Å². The standard InChI is InChI=1S/C17H15NS/c1-2-6-13-12(4-1)10-14-17(13)19-15-7-3-5-11-8-9-18(14)16(11)15/h1-7,14,17H,8-10H2/t14-,17+/m0/s1. The Balaban J connectivity index is 1.70. The average molecular weight is 265 g/mol. The van der Waals surface area contributed by atoms with Gasteiger partial charge in [0, 0.05) is 17.5 Å². The van der Waals surface area contributed by atoms with Gasteiger partial charge in [0.2, 0.25) is 0 Å². The highest BCUT2D eigenvalue weighted by Crippen LogP contribution is 2.56. The molecule has 0 fully saturated rings. The van der Waals surface area contributed by atoms with E-state index in [1.807, 2.05) is 0 Å². The number of fused-ring (bicyclic) bond motifs is 4. The second-order valence-electron chi connectivity index (χ2n) is 5.72. The molecule has 0 bridgehead atoms. The van der Waals surface area contributed by atoms with E-state index >= 15 is 0 Å². The van der Waals surface area contributed by atoms with Crippen molar-refractivity contribution < 1.29 is 0 Å². The summed E-state index contributed by atoms with van der Waals surface area (Å²) < 4.78 is 0. The molecule has 2 aliphatic heterocycles. The van der Waals surface area contributed by atoms with Gasteiger partial charge in [-0.25, -0.2) is 0 Å². The monoisotopic (exact) mass is 265 g/mol. The van der Waals surface area contributed by atoms with Crippen molar-refractivity contribution in [3.63, 3.8) is 0 Å². The Morgan fingerprint density at radius 1 is 1.00 bits per heavy atom. The Morgan fingerprint density at radius 2 is 1.89 bits per heavy atom. The summed E-state index contributed by atoms with van der Waals surface area (Å²) in [5.41, 5.74) is 6.23. The number of rotatable bonds is 0. The van der Waals surface area contributed by atoms with Crippen molar-refractivity contribution in [2.24, 2.45) is 0 Å². The fourth-order valence-corrected chi connectivity index (χ4v) is 5.51. The lowest BCUT2D eigenvalue weighted by Gasteiger charge is -2.37. The topological polar surface area (TPSA) is 3.24 Å². The van der Waals surface area contributed by atoms with Gasteiger partial charge in [-0.3, -0.25) is 0 Å². The molecule has 0 saturated heterocycles. The van der Waals surface area contributed by atoms with Crippen LogP contribution in [0.15, 0.2) is 47.4 Å². The summed E-state index contributed by atoms with van der Waals surface area (Å²) in [5, 5.41) is 0.636. The molecule has 0 saturated carbocycles. The molecule has 1 aliphatic carbocycles. The van der Waals surface area contributed by atoms with Crippen molar-refractivity contribution in [1.29, 1.82) is 0 Å². The zero-order valence-corrected chi connectivity index (χ0v) is 11.5. The molecule has 2 atom stereocenters. The first-order valence-corrected chi connectivity index (χ1v) is 7.93. The van der Waals surface area contributed by atoms with Gasteiger partial charge in [0.1, 0.15) is 0 Å². The van der Waals surface area contributed by atoms with Gasteiger partial charge in [-0.2, -0.15) is 0 Å². The number of nitrogens with zero attached hydrogens (tertiary/aromatic N) is 1. The van der Waals surface area contributed by atoms with E-state index in [1.165, 1.54) is 24.3 Å². The predicted molar refractivity (Wildman–Crippen MR) is 80.0 cm³/mol. The first kappa shape index (κ1) is 10.4. The average Bonchev–Trinajstić information content (AvgIpc) is 3.02. The Bertz CT molecular complexity index is 679. The van der Waals surface area contributed by atoms with Crippen LogP contribution in [0.2, 0.25) is 0 Å². The van der Waals surface area contributed by atoms with Gasteiger partial charge in [0.05, 0.1) is 10.9 Å². The number of thioether (sulfide) groups is 1. The molecule has 2 aromatic carbocycles. The molecule has 0 amide bonds. The van der Waals surface area contributed by atoms with Crippen molar-refractivity contribution in [2.45, 2.75) is 29.0 Å². The third-order valence-electron chi connectivity index (χ3n) is 4.79. The van der Waals surface area contributed by atoms with Crippen LogP contribution in [0.4, 0.5) is 5.69 Å². The Kier molecular flexibility index (Phi) is 1.95. The summed E-state index contributed by atoms with van der Waals surface area (Å²) in [7, 11) is 0. The number of hydrogen-bond acceptors (Lipinski definition) is 2. The fraction of sp³-hybridized carbons (Fsp3) is 0.294. The van der Waals surface area contributed by atoms with Gasteiger partial charge in [-0.15, -0.1) is 11.8 Å². The van der Waals surface area contributed by atoms with E-state index in [1.54, 1.807) is 22.4 Å². The maximum absolute atomic E-state index is 2.69. The second kappa shape index (κ2) is 3.57. The van der Waals surface area contributed by atoms with E-state index in [2.05, 4.69) is 59.1 Å². The zero-order valence-electron chi connectivity index (χ0n) is 10.7. The largest absolute Gasteiger partial charge is 0.365 e. The van der Waals surface area contributed by atoms with Crippen LogP contribution in [0.25, 0.3) is 0 Å². The third-order valence-corrected chi connectivity index (χ3v) is 6.19. The van der Waals surface area contributed by atoms with E-state index in [-0.39, 0.29) is 0 Å². The van der Waals surface area contributed by atoms with Crippen molar-refractivity contribution >= 4 is 17.4 Å². The molecule has 0 radical (unpaired) electrons. The highest BCUT2D eigenvalue weighted by atomic mass is 32.2. The molecule has 1 nitrogen and oxygen atoms in total. The molecule has 0 spiro atoms. The minimum Gasteiger partial charge on any atom is -0.365 e. The van der Waals surface area contributed by atoms with Gasteiger partial charge < -0.3 is 4.90 Å². The van der Waals surface area contributed by atoms with E-state index in [9.17, 15) is 0 Å². The van der Waals surface area contributed by atoms with Crippen LogP contribution in [-0.2, 0) is 12.8 Å². The van der Waals surface area contributed by atoms with Crippen LogP contribution < -0.4 is 4.90 Å². The summed E-state index contributed by atoms with van der Waals surface area (Å²) in [6.45, 7) is 1.21. The van der Waals surface area contributed by atoms with Gasteiger partial charge >= 0.3 is 0 Å². The predicted octanol–water partition coefficient (Wildman–Crippen LogP) is 3.82. The molecule has 2 heteroatoms. The van der Waals surface area contributed by atoms with Crippen molar-refractivity contribution in [1.82, 2.24) is 0 Å². The Morgan fingerprint density at radius 3 is 2.89 bits per heavy atom. The smallest absolute Gasteiger partial charge is 0.0554 e. The lowest BCUT2D eigenvalue weighted by atomic mass is 10.1. The summed E-state index contributed by atoms with van der Waals surface area (Å²) in [5.74, 6) is 0. The van der Waals surface area contributed by atoms with Gasteiger partial charge in [-0.05, 0) is 35.6 Å². The number of anilines is 1. The maximum atomic E-state index is 2.69. The highest BCUT2D eigenvalue weighted by molar-refractivity contribution is 7.99. The van der Waals surface area contributed by atoms with E-state index in [4.69, 9.17) is 0 Å². The SMILES string of the molecule is c1ccc2c(c1)C[C@H]1[C@@H]2Sc2cccc3c2N1CC3. The van der Waals surface area contributed by atoms with Crippen molar-refractivity contribution in [2.75, 3.05) is 11.4 Å². The van der Waals surface area contributed by atoms with Crippen LogP contribution in [0.5, 0.6) is 0 Å². The molecule has 94 valence electrons. The Labute approximate surface area is 117 Å². The van der Waals surface area contributed by atoms with Crippen LogP contribution in [0.3, 0.4) is 0 Å². The van der Waals surface area contributed by atoms with Crippen molar-refractivity contribution in [3.8, 4) is 0 Å². The third kappa shape index (κ3) is 1.28. The summed E-state index contributed by atoms with van der Waals surface area (Å²) >= 11 is 2.09. The molecular weight excluding hydrogens is 250 g/mol. The quantitative estimate of drug-likeness (QED) is 0.712. The minimum absolute atomic E-state index is 0.636. The second-order valence-corrected chi connectivity index (χ2v) is 6.90. The van der Waals surface area contributed by atoms with Crippen LogP contribution >= 0.6 is 11.8 Å². The lowest BCUT2D eigenvalue weighted by molar-refractivity contribution is 0.617. The molecule has 19 heavy (non-hydrogen) atoms. The molecule has 2 heterocycles. The molecule has 0 N–H and O–H groups in total. The molecular formula is C17H15NS. The van der Waals surface area contributed by atoms with Gasteiger partial charge in [0.15, 0.2) is 0 Å². The molecule has 0 unspecified atom stereocenters. The Hall–Kier alpha value is -1.41. The fourth-order valence-electron chi connectivity index (χ4n) is 3.96. The number of para-hydroxylation sites is 1. The van der Waals surface area contributed by atoms with Crippen molar-refractivity contribution in [3.05, 3.63) is 59.2 Å². The molecule has 5 rings (SSSR count). The van der Waals surface area contributed by atoms with Gasteiger partial charge in [0.25, 0.3) is 0 Å². The minimum atomic E-state index is 0.636. The first-order chi connectivity index (χ1) is 9.42. The first-order valence-electron chi connectivity index (χ1n) is 7.05. The van der Waals surface area contributed by atoms with E-state index < -0.39 is 0 Å². The lowest BCUT2D eigenvalue weighted by Crippen LogP contribution is -2.38. The maximum Gasteiger partial charge on any atom is 0.0554 e. The van der Waals surface area contributed by atoms with Crippen LogP contribution in [0.1, 0.15) is 21.9 Å². The van der Waals surface area contributed by atoms with E-state index in [0.717, 1.165) is 0 Å². The zero-order chi connectivity index (χ0) is 12.4. The summed E-state index contributed by atoms with van der Waals surface area (Å²) in [6, 6.07) is 16.5.